The largest absolute Gasteiger partial charge is 0.198 e. The summed E-state index contributed by atoms with van der Waals surface area (Å²) < 4.78 is 0. The van der Waals surface area contributed by atoms with E-state index in [0.717, 1.165) is 27.3 Å². The van der Waals surface area contributed by atoms with E-state index in [2.05, 4.69) is 24.3 Å². The molecule has 0 aliphatic heterocycles. The summed E-state index contributed by atoms with van der Waals surface area (Å²) in [6, 6.07) is 16.1. The Morgan fingerprint density at radius 1 is 1.06 bits per heavy atom. The fourth-order valence-corrected chi connectivity index (χ4v) is 1.89. The number of nitrogens with zero attached hydrogens (tertiary/aromatic N) is 1. The molecule has 0 spiro atoms. The molecular weight excluding hydrogens is 230 g/mol. The van der Waals surface area contributed by atoms with E-state index in [4.69, 9.17) is 16.9 Å². The monoisotopic (exact) mass is 241 g/mol. The highest BCUT2D eigenvalue weighted by atomic mass is 35.5. The van der Waals surface area contributed by atoms with E-state index in [9.17, 15) is 0 Å². The van der Waals surface area contributed by atoms with Gasteiger partial charge in [0.15, 0.2) is 0 Å². The van der Waals surface area contributed by atoms with Crippen LogP contribution in [0.15, 0.2) is 42.5 Å². The van der Waals surface area contributed by atoms with E-state index in [0.29, 0.717) is 6.42 Å². The predicted octanol–water partition coefficient (Wildman–Crippen LogP) is 4.38. The van der Waals surface area contributed by atoms with Crippen LogP contribution in [0.1, 0.15) is 11.1 Å². The zero-order valence-electron chi connectivity index (χ0n) is 9.57. The summed E-state index contributed by atoms with van der Waals surface area (Å²) in [5, 5.41) is 9.51. The molecular formula is C15H12ClN. The first-order valence-corrected chi connectivity index (χ1v) is 5.81. The molecule has 0 amide bonds. The average molecular weight is 242 g/mol. The van der Waals surface area contributed by atoms with Crippen molar-refractivity contribution in [1.82, 2.24) is 0 Å². The summed E-state index contributed by atoms with van der Waals surface area (Å²) >= 11 is 5.86. The van der Waals surface area contributed by atoms with Crippen LogP contribution in [-0.2, 0) is 6.42 Å². The van der Waals surface area contributed by atoms with Gasteiger partial charge in [-0.25, -0.2) is 0 Å². The Hall–Kier alpha value is -1.78. The summed E-state index contributed by atoms with van der Waals surface area (Å²) in [5.74, 6) is 0. The number of hydrogen-bond donors (Lipinski definition) is 0. The Kier molecular flexibility index (Phi) is 3.46. The van der Waals surface area contributed by atoms with E-state index in [1.54, 1.807) is 0 Å². The zero-order chi connectivity index (χ0) is 12.3. The fourth-order valence-electron chi connectivity index (χ4n) is 1.77. The van der Waals surface area contributed by atoms with Crippen LogP contribution in [0.3, 0.4) is 0 Å². The molecule has 2 aromatic rings. The van der Waals surface area contributed by atoms with Crippen LogP contribution in [0.4, 0.5) is 0 Å². The van der Waals surface area contributed by atoms with Crippen molar-refractivity contribution < 1.29 is 0 Å². The maximum Gasteiger partial charge on any atom is 0.0669 e. The highest BCUT2D eigenvalue weighted by Crippen LogP contribution is 2.24. The summed E-state index contributed by atoms with van der Waals surface area (Å²) in [4.78, 5) is 0. The molecule has 0 aliphatic rings. The van der Waals surface area contributed by atoms with Crippen molar-refractivity contribution in [3.63, 3.8) is 0 Å². The smallest absolute Gasteiger partial charge is 0.0669 e. The Morgan fingerprint density at radius 2 is 1.71 bits per heavy atom. The lowest BCUT2D eigenvalue weighted by atomic mass is 9.98. The van der Waals surface area contributed by atoms with E-state index in [1.807, 2.05) is 31.2 Å². The van der Waals surface area contributed by atoms with E-state index in [1.165, 1.54) is 0 Å². The van der Waals surface area contributed by atoms with Gasteiger partial charge >= 0.3 is 0 Å². The van der Waals surface area contributed by atoms with Crippen molar-refractivity contribution in [2.45, 2.75) is 13.3 Å². The summed E-state index contributed by atoms with van der Waals surface area (Å²) in [5.41, 5.74) is 4.48. The van der Waals surface area contributed by atoms with Gasteiger partial charge in [0.1, 0.15) is 0 Å². The molecule has 0 atom stereocenters. The van der Waals surface area contributed by atoms with Crippen LogP contribution in [0, 0.1) is 18.3 Å². The van der Waals surface area contributed by atoms with Crippen LogP contribution in [0.2, 0.25) is 5.02 Å². The van der Waals surface area contributed by atoms with Gasteiger partial charge in [-0.2, -0.15) is 5.26 Å². The van der Waals surface area contributed by atoms with Crippen LogP contribution < -0.4 is 0 Å². The number of aryl methyl sites for hydroxylation is 1. The Morgan fingerprint density at radius 3 is 2.35 bits per heavy atom. The average Bonchev–Trinajstić information content (AvgIpc) is 2.33. The van der Waals surface area contributed by atoms with E-state index >= 15 is 0 Å². The normalized spacial score (nSPS) is 9.94. The highest BCUT2D eigenvalue weighted by Gasteiger charge is 2.02. The maximum atomic E-state index is 8.77. The molecule has 84 valence electrons. The summed E-state index contributed by atoms with van der Waals surface area (Å²) in [6.07, 6.45) is 0.452. The second kappa shape index (κ2) is 5.03. The molecule has 17 heavy (non-hydrogen) atoms. The van der Waals surface area contributed by atoms with Gasteiger partial charge in [-0.05, 0) is 47.4 Å². The van der Waals surface area contributed by atoms with E-state index < -0.39 is 0 Å². The maximum absolute atomic E-state index is 8.77. The molecule has 0 bridgehead atoms. The third-order valence-corrected chi connectivity index (χ3v) is 3.05. The molecule has 2 rings (SSSR count). The predicted molar refractivity (Wildman–Crippen MR) is 70.9 cm³/mol. The first-order valence-electron chi connectivity index (χ1n) is 5.43. The lowest BCUT2D eigenvalue weighted by Crippen LogP contribution is -1.88. The number of rotatable bonds is 2. The molecule has 1 nitrogen and oxygen atoms in total. The Balaban J connectivity index is 2.43. The third-order valence-electron chi connectivity index (χ3n) is 2.80. The molecule has 0 aliphatic carbocycles. The van der Waals surface area contributed by atoms with Crippen molar-refractivity contribution in [3.8, 4) is 17.2 Å². The zero-order valence-corrected chi connectivity index (χ0v) is 10.3. The van der Waals surface area contributed by atoms with Gasteiger partial charge in [0.2, 0.25) is 0 Å². The lowest BCUT2D eigenvalue weighted by Gasteiger charge is -2.06. The minimum atomic E-state index is 0.452. The van der Waals surface area contributed by atoms with Gasteiger partial charge in [0.05, 0.1) is 12.5 Å². The molecule has 2 aromatic carbocycles. The number of halogens is 1. The van der Waals surface area contributed by atoms with Crippen LogP contribution in [-0.4, -0.2) is 0 Å². The van der Waals surface area contributed by atoms with Crippen LogP contribution in [0.25, 0.3) is 11.1 Å². The molecule has 0 N–H and O–H groups in total. The first-order chi connectivity index (χ1) is 8.20. The van der Waals surface area contributed by atoms with Crippen LogP contribution >= 0.6 is 11.6 Å². The molecule has 2 heteroatoms. The Labute approximate surface area is 106 Å². The minimum Gasteiger partial charge on any atom is -0.198 e. The van der Waals surface area contributed by atoms with Gasteiger partial charge in [-0.1, -0.05) is 35.9 Å². The number of nitriles is 1. The second-order valence-corrected chi connectivity index (χ2v) is 4.42. The third kappa shape index (κ3) is 2.67. The van der Waals surface area contributed by atoms with Gasteiger partial charge < -0.3 is 0 Å². The van der Waals surface area contributed by atoms with Gasteiger partial charge in [0.25, 0.3) is 0 Å². The number of benzene rings is 2. The second-order valence-electron chi connectivity index (χ2n) is 3.98. The lowest BCUT2D eigenvalue weighted by molar-refractivity contribution is 1.21. The van der Waals surface area contributed by atoms with Gasteiger partial charge in [-0.15, -0.1) is 0 Å². The SMILES string of the molecule is Cc1ccc(-c2ccc(Cl)cc2)cc1CC#N. The van der Waals surface area contributed by atoms with Crippen LogP contribution in [0.5, 0.6) is 0 Å². The van der Waals surface area contributed by atoms with Crippen molar-refractivity contribution in [2.75, 3.05) is 0 Å². The standard InChI is InChI=1S/C15H12ClN/c1-11-2-3-14(10-13(11)8-9-17)12-4-6-15(16)7-5-12/h2-7,10H,8H2,1H3. The molecule has 0 saturated carbocycles. The topological polar surface area (TPSA) is 23.8 Å². The van der Waals surface area contributed by atoms with Gasteiger partial charge in [-0.3, -0.25) is 0 Å². The molecule has 0 aromatic heterocycles. The van der Waals surface area contributed by atoms with Crippen molar-refractivity contribution in [3.05, 3.63) is 58.6 Å². The molecule has 0 saturated heterocycles. The highest BCUT2D eigenvalue weighted by molar-refractivity contribution is 6.30. The Bertz CT molecular complexity index is 564. The molecule has 0 heterocycles. The molecule has 0 unspecified atom stereocenters. The summed E-state index contributed by atoms with van der Waals surface area (Å²) in [7, 11) is 0. The van der Waals surface area contributed by atoms with Crippen molar-refractivity contribution in [2.24, 2.45) is 0 Å². The molecule has 0 fully saturated rings. The minimum absolute atomic E-state index is 0.452. The van der Waals surface area contributed by atoms with Crippen molar-refractivity contribution >= 4 is 11.6 Å². The number of hydrogen-bond acceptors (Lipinski definition) is 1. The summed E-state index contributed by atoms with van der Waals surface area (Å²) in [6.45, 7) is 2.03. The van der Waals surface area contributed by atoms with Gasteiger partial charge in [0, 0.05) is 5.02 Å². The first kappa shape index (κ1) is 11.7. The van der Waals surface area contributed by atoms with Crippen molar-refractivity contribution in [1.29, 1.82) is 5.26 Å². The quantitative estimate of drug-likeness (QED) is 0.765. The fraction of sp³-hybridized carbons (Fsp3) is 0.133. The van der Waals surface area contributed by atoms with E-state index in [-0.39, 0.29) is 0 Å². The molecule has 0 radical (unpaired) electrons.